The summed E-state index contributed by atoms with van der Waals surface area (Å²) in [5, 5.41) is 0.0207. The zero-order valence-corrected chi connectivity index (χ0v) is 11.5. The maximum Gasteiger partial charge on any atom is 0.325 e. The van der Waals surface area contributed by atoms with Gasteiger partial charge in [0.25, 0.3) is 5.91 Å². The molecule has 0 fully saturated rings. The molecule has 19 heavy (non-hydrogen) atoms. The normalized spacial score (nSPS) is 10.1. The monoisotopic (exact) mass is 287 g/mol. The summed E-state index contributed by atoms with van der Waals surface area (Å²) in [5.74, 6) is -1.87. The molecule has 4 nitrogen and oxygen atoms in total. The number of benzene rings is 1. The summed E-state index contributed by atoms with van der Waals surface area (Å²) < 4.78 is 18.4. The number of carbonyl (C=O) groups is 2. The van der Waals surface area contributed by atoms with Crippen LogP contribution in [-0.2, 0) is 9.53 Å². The van der Waals surface area contributed by atoms with Crippen molar-refractivity contribution in [3.8, 4) is 0 Å². The smallest absolute Gasteiger partial charge is 0.325 e. The zero-order valence-electron chi connectivity index (χ0n) is 10.8. The molecule has 104 valence electrons. The van der Waals surface area contributed by atoms with E-state index < -0.39 is 17.7 Å². The Hall–Kier alpha value is -1.62. The summed E-state index contributed by atoms with van der Waals surface area (Å²) in [4.78, 5) is 24.7. The van der Waals surface area contributed by atoms with E-state index >= 15 is 0 Å². The van der Waals surface area contributed by atoms with Crippen LogP contribution in [0.1, 0.15) is 24.2 Å². The maximum absolute atomic E-state index is 13.6. The first kappa shape index (κ1) is 15.4. The van der Waals surface area contributed by atoms with Crippen molar-refractivity contribution in [2.45, 2.75) is 13.8 Å². The molecule has 1 aromatic carbocycles. The largest absolute Gasteiger partial charge is 0.465 e. The van der Waals surface area contributed by atoms with Crippen LogP contribution in [0.15, 0.2) is 18.2 Å². The summed E-state index contributed by atoms with van der Waals surface area (Å²) in [6.07, 6.45) is 0. The van der Waals surface area contributed by atoms with Crippen LogP contribution in [0.25, 0.3) is 0 Å². The van der Waals surface area contributed by atoms with Crippen LogP contribution in [0.3, 0.4) is 0 Å². The molecule has 1 aromatic rings. The van der Waals surface area contributed by atoms with E-state index in [4.69, 9.17) is 16.3 Å². The fourth-order valence-electron chi connectivity index (χ4n) is 1.55. The van der Waals surface area contributed by atoms with Crippen LogP contribution in [-0.4, -0.2) is 36.5 Å². The van der Waals surface area contributed by atoms with Gasteiger partial charge in [-0.1, -0.05) is 17.7 Å². The van der Waals surface area contributed by atoms with Crippen LogP contribution in [0.2, 0.25) is 5.02 Å². The minimum atomic E-state index is -0.709. The number of amides is 1. The third kappa shape index (κ3) is 3.92. The van der Waals surface area contributed by atoms with Gasteiger partial charge in [0.15, 0.2) is 0 Å². The van der Waals surface area contributed by atoms with Crippen molar-refractivity contribution in [1.82, 2.24) is 4.90 Å². The molecule has 0 spiro atoms. The van der Waals surface area contributed by atoms with Crippen molar-refractivity contribution in [2.24, 2.45) is 0 Å². The molecule has 0 atom stereocenters. The van der Waals surface area contributed by atoms with Gasteiger partial charge in [-0.25, -0.2) is 4.39 Å². The highest BCUT2D eigenvalue weighted by molar-refractivity contribution is 6.33. The van der Waals surface area contributed by atoms with Crippen LogP contribution in [0, 0.1) is 5.82 Å². The second-order valence-electron chi connectivity index (χ2n) is 3.72. The summed E-state index contributed by atoms with van der Waals surface area (Å²) in [7, 11) is 0. The lowest BCUT2D eigenvalue weighted by molar-refractivity contribution is -0.143. The van der Waals surface area contributed by atoms with E-state index in [1.165, 1.54) is 17.0 Å². The molecule has 0 saturated heterocycles. The van der Waals surface area contributed by atoms with Gasteiger partial charge >= 0.3 is 5.97 Å². The minimum absolute atomic E-state index is 0.0207. The Morgan fingerprint density at radius 2 is 2.05 bits per heavy atom. The van der Waals surface area contributed by atoms with Gasteiger partial charge in [-0.3, -0.25) is 9.59 Å². The summed E-state index contributed by atoms with van der Waals surface area (Å²) in [6.45, 7) is 3.61. The highest BCUT2D eigenvalue weighted by Crippen LogP contribution is 2.20. The lowest BCUT2D eigenvalue weighted by atomic mass is 10.2. The molecule has 6 heteroatoms. The molecule has 0 saturated carbocycles. The Bertz CT molecular complexity index is 459. The Balaban J connectivity index is 2.93. The maximum atomic E-state index is 13.6. The number of nitrogens with zero attached hydrogens (tertiary/aromatic N) is 1. The molecule has 0 aliphatic rings. The fourth-order valence-corrected chi connectivity index (χ4v) is 1.79. The summed E-state index contributed by atoms with van der Waals surface area (Å²) in [5.41, 5.74) is -0.227. The molecule has 0 unspecified atom stereocenters. The van der Waals surface area contributed by atoms with E-state index in [9.17, 15) is 14.0 Å². The predicted octanol–water partition coefficient (Wildman–Crippen LogP) is 2.50. The number of carbonyl (C=O) groups excluding carboxylic acids is 2. The molecule has 0 aliphatic carbocycles. The first-order valence-electron chi connectivity index (χ1n) is 5.90. The van der Waals surface area contributed by atoms with Crippen molar-refractivity contribution < 1.29 is 18.7 Å². The molecule has 0 N–H and O–H groups in total. The second-order valence-corrected chi connectivity index (χ2v) is 4.13. The Labute approximate surface area is 116 Å². The molecule has 0 aromatic heterocycles. The first-order valence-corrected chi connectivity index (χ1v) is 6.27. The Morgan fingerprint density at radius 1 is 1.37 bits per heavy atom. The highest BCUT2D eigenvalue weighted by atomic mass is 35.5. The number of rotatable bonds is 5. The van der Waals surface area contributed by atoms with E-state index in [1.807, 2.05) is 0 Å². The standard InChI is InChI=1S/C13H15ClFNO3/c1-3-16(8-11(17)19-4-2)13(18)12-9(14)6-5-7-10(12)15/h5-7H,3-4,8H2,1-2H3. The van der Waals surface area contributed by atoms with Crippen LogP contribution >= 0.6 is 11.6 Å². The number of hydrogen-bond acceptors (Lipinski definition) is 3. The molecule has 0 heterocycles. The van der Waals surface area contributed by atoms with Gasteiger partial charge in [0.2, 0.25) is 0 Å². The van der Waals surface area contributed by atoms with Gasteiger partial charge < -0.3 is 9.64 Å². The van der Waals surface area contributed by atoms with Gasteiger partial charge in [0, 0.05) is 6.54 Å². The highest BCUT2D eigenvalue weighted by Gasteiger charge is 2.23. The average molecular weight is 288 g/mol. The molecule has 1 amide bonds. The minimum Gasteiger partial charge on any atom is -0.465 e. The SMILES string of the molecule is CCOC(=O)CN(CC)C(=O)c1c(F)cccc1Cl. The van der Waals surface area contributed by atoms with Crippen molar-refractivity contribution >= 4 is 23.5 Å². The van der Waals surface area contributed by atoms with E-state index in [2.05, 4.69) is 0 Å². The number of likely N-dealkylation sites (N-methyl/N-ethyl adjacent to an activating group) is 1. The van der Waals surface area contributed by atoms with Crippen molar-refractivity contribution in [2.75, 3.05) is 19.7 Å². The van der Waals surface area contributed by atoms with E-state index in [1.54, 1.807) is 13.8 Å². The lowest BCUT2D eigenvalue weighted by Crippen LogP contribution is -2.37. The number of hydrogen-bond donors (Lipinski definition) is 0. The number of esters is 1. The Kier molecular flexibility index (Phi) is 5.76. The topological polar surface area (TPSA) is 46.6 Å². The van der Waals surface area contributed by atoms with Crippen molar-refractivity contribution in [3.63, 3.8) is 0 Å². The Morgan fingerprint density at radius 3 is 2.58 bits per heavy atom. The number of halogens is 2. The van der Waals surface area contributed by atoms with Gasteiger partial charge in [-0.2, -0.15) is 0 Å². The summed E-state index contributed by atoms with van der Waals surface area (Å²) >= 11 is 5.82. The zero-order chi connectivity index (χ0) is 14.4. The molecule has 0 radical (unpaired) electrons. The number of ether oxygens (including phenoxy) is 1. The predicted molar refractivity (Wildman–Crippen MR) is 69.6 cm³/mol. The second kappa shape index (κ2) is 7.09. The lowest BCUT2D eigenvalue weighted by Gasteiger charge is -2.20. The quantitative estimate of drug-likeness (QED) is 0.782. The van der Waals surface area contributed by atoms with Gasteiger partial charge in [0.05, 0.1) is 17.2 Å². The molecule has 1 rings (SSSR count). The van der Waals surface area contributed by atoms with Gasteiger partial charge in [-0.05, 0) is 26.0 Å². The first-order chi connectivity index (χ1) is 9.01. The van der Waals surface area contributed by atoms with E-state index in [-0.39, 0.29) is 30.3 Å². The molecular formula is C13H15ClFNO3. The summed E-state index contributed by atoms with van der Waals surface area (Å²) in [6, 6.07) is 3.99. The van der Waals surface area contributed by atoms with Gasteiger partial charge in [-0.15, -0.1) is 0 Å². The fraction of sp³-hybridized carbons (Fsp3) is 0.385. The van der Waals surface area contributed by atoms with E-state index in [0.29, 0.717) is 0 Å². The average Bonchev–Trinajstić information content (AvgIpc) is 2.35. The molecule has 0 aliphatic heterocycles. The van der Waals surface area contributed by atoms with Crippen LogP contribution in [0.5, 0.6) is 0 Å². The molecular weight excluding hydrogens is 273 g/mol. The van der Waals surface area contributed by atoms with Crippen molar-refractivity contribution in [3.05, 3.63) is 34.6 Å². The van der Waals surface area contributed by atoms with Crippen LogP contribution < -0.4 is 0 Å². The van der Waals surface area contributed by atoms with Gasteiger partial charge in [0.1, 0.15) is 12.4 Å². The van der Waals surface area contributed by atoms with Crippen molar-refractivity contribution in [1.29, 1.82) is 0 Å². The molecule has 0 bridgehead atoms. The van der Waals surface area contributed by atoms with E-state index in [0.717, 1.165) is 6.07 Å². The third-order valence-corrected chi connectivity index (χ3v) is 2.79. The third-order valence-electron chi connectivity index (χ3n) is 2.47. The van der Waals surface area contributed by atoms with Crippen LogP contribution in [0.4, 0.5) is 4.39 Å².